The first kappa shape index (κ1) is 19.9. The van der Waals surface area contributed by atoms with Gasteiger partial charge in [-0.1, -0.05) is 24.6 Å². The second-order valence-corrected chi connectivity index (χ2v) is 8.08. The number of nitrogens with one attached hydrogen (secondary N) is 2. The quantitative estimate of drug-likeness (QED) is 0.476. The Kier molecular flexibility index (Phi) is 5.29. The van der Waals surface area contributed by atoms with Crippen LogP contribution < -0.4 is 10.9 Å². The summed E-state index contributed by atoms with van der Waals surface area (Å²) in [6.45, 7) is 5.49. The van der Waals surface area contributed by atoms with E-state index in [9.17, 15) is 4.79 Å². The molecule has 0 bridgehead atoms. The topological polar surface area (TPSA) is 105 Å². The van der Waals surface area contributed by atoms with Crippen LogP contribution in [0.4, 0.5) is 5.82 Å². The highest BCUT2D eigenvalue weighted by Crippen LogP contribution is 2.25. The number of nitrogens with zero attached hydrogens (tertiary/aromatic N) is 6. The van der Waals surface area contributed by atoms with Crippen LogP contribution >= 0.6 is 11.6 Å². The van der Waals surface area contributed by atoms with Gasteiger partial charge in [0.1, 0.15) is 17.7 Å². The Bertz CT molecular complexity index is 1300. The van der Waals surface area contributed by atoms with Crippen LogP contribution in [-0.4, -0.2) is 60.6 Å². The number of benzene rings is 1. The molecule has 0 radical (unpaired) electrons. The number of likely N-dealkylation sites (tertiary alicyclic amines) is 1. The third-order valence-electron chi connectivity index (χ3n) is 5.87. The van der Waals surface area contributed by atoms with Gasteiger partial charge in [-0.15, -0.1) is 0 Å². The molecule has 160 valence electrons. The molecule has 4 aromatic rings. The highest BCUT2D eigenvalue weighted by molar-refractivity contribution is 6.35. The SMILES string of the molecule is CCN1CC[C@H](n2c(CCNc3ncnc4[nH]cnc34)nc3cccc(Cl)c3c2=O)C1. The van der Waals surface area contributed by atoms with Gasteiger partial charge >= 0.3 is 0 Å². The molecule has 4 heterocycles. The number of fused-ring (bicyclic) bond motifs is 2. The van der Waals surface area contributed by atoms with E-state index in [2.05, 4.69) is 37.1 Å². The van der Waals surface area contributed by atoms with Crippen molar-refractivity contribution >= 4 is 39.5 Å². The summed E-state index contributed by atoms with van der Waals surface area (Å²) in [6.07, 6.45) is 4.57. The first-order valence-corrected chi connectivity index (χ1v) is 10.8. The zero-order valence-electron chi connectivity index (χ0n) is 17.2. The van der Waals surface area contributed by atoms with Gasteiger partial charge in [0.15, 0.2) is 11.5 Å². The minimum absolute atomic E-state index is 0.0646. The molecule has 0 amide bonds. The Morgan fingerprint density at radius 2 is 2.19 bits per heavy atom. The van der Waals surface area contributed by atoms with E-state index in [0.717, 1.165) is 31.9 Å². The number of anilines is 1. The Balaban J connectivity index is 1.48. The smallest absolute Gasteiger partial charge is 0.263 e. The van der Waals surface area contributed by atoms with E-state index in [4.69, 9.17) is 16.6 Å². The molecule has 1 saturated heterocycles. The number of halogens is 1. The van der Waals surface area contributed by atoms with E-state index in [1.165, 1.54) is 6.33 Å². The summed E-state index contributed by atoms with van der Waals surface area (Å²) in [6, 6.07) is 5.50. The second kappa shape index (κ2) is 8.24. The van der Waals surface area contributed by atoms with Gasteiger partial charge in [-0.3, -0.25) is 9.36 Å². The molecule has 5 rings (SSSR count). The Labute approximate surface area is 183 Å². The lowest BCUT2D eigenvalue weighted by atomic mass is 10.2. The van der Waals surface area contributed by atoms with Gasteiger partial charge in [0.05, 0.1) is 28.3 Å². The largest absolute Gasteiger partial charge is 0.368 e. The number of imidazole rings is 1. The maximum Gasteiger partial charge on any atom is 0.263 e. The summed E-state index contributed by atoms with van der Waals surface area (Å²) in [7, 11) is 0. The van der Waals surface area contributed by atoms with Crippen molar-refractivity contribution in [3.63, 3.8) is 0 Å². The molecule has 0 aliphatic carbocycles. The van der Waals surface area contributed by atoms with Crippen molar-refractivity contribution in [2.24, 2.45) is 0 Å². The summed E-state index contributed by atoms with van der Waals surface area (Å²) >= 11 is 6.38. The van der Waals surface area contributed by atoms with Gasteiger partial charge in [0.2, 0.25) is 0 Å². The number of likely N-dealkylation sites (N-methyl/N-ethyl adjacent to an activating group) is 1. The minimum atomic E-state index is -0.0646. The Morgan fingerprint density at radius 3 is 3.03 bits per heavy atom. The maximum atomic E-state index is 13.5. The summed E-state index contributed by atoms with van der Waals surface area (Å²) < 4.78 is 1.86. The van der Waals surface area contributed by atoms with Gasteiger partial charge in [-0.05, 0) is 25.1 Å². The molecule has 31 heavy (non-hydrogen) atoms. The monoisotopic (exact) mass is 438 g/mol. The molecule has 1 aliphatic rings. The average molecular weight is 439 g/mol. The molecule has 1 atom stereocenters. The van der Waals surface area contributed by atoms with Crippen molar-refractivity contribution in [1.29, 1.82) is 0 Å². The molecule has 9 nitrogen and oxygen atoms in total. The number of hydrogen-bond donors (Lipinski definition) is 2. The van der Waals surface area contributed by atoms with E-state index in [1.54, 1.807) is 12.4 Å². The first-order valence-electron chi connectivity index (χ1n) is 10.5. The minimum Gasteiger partial charge on any atom is -0.368 e. The Morgan fingerprint density at radius 1 is 1.29 bits per heavy atom. The van der Waals surface area contributed by atoms with E-state index in [0.29, 0.717) is 45.9 Å². The number of rotatable bonds is 6. The number of aromatic amines is 1. The lowest BCUT2D eigenvalue weighted by molar-refractivity contribution is 0.337. The molecule has 0 unspecified atom stereocenters. The van der Waals surface area contributed by atoms with Crippen LogP contribution in [0.25, 0.3) is 22.1 Å². The predicted octanol–water partition coefficient (Wildman–Crippen LogP) is 2.64. The van der Waals surface area contributed by atoms with Crippen LogP contribution in [0.5, 0.6) is 0 Å². The van der Waals surface area contributed by atoms with Crippen LogP contribution in [0.15, 0.2) is 35.6 Å². The third kappa shape index (κ3) is 3.64. The summed E-state index contributed by atoms with van der Waals surface area (Å²) in [4.78, 5) is 36.4. The zero-order chi connectivity index (χ0) is 21.4. The average Bonchev–Trinajstić information content (AvgIpc) is 3.43. The highest BCUT2D eigenvalue weighted by Gasteiger charge is 2.27. The van der Waals surface area contributed by atoms with Crippen molar-refractivity contribution in [3.8, 4) is 0 Å². The molecule has 1 aliphatic heterocycles. The van der Waals surface area contributed by atoms with Crippen LogP contribution in [0.1, 0.15) is 25.2 Å². The molecule has 1 aromatic carbocycles. The van der Waals surface area contributed by atoms with Gasteiger partial charge in [-0.25, -0.2) is 19.9 Å². The van der Waals surface area contributed by atoms with Gasteiger partial charge in [0.25, 0.3) is 5.56 Å². The fourth-order valence-electron chi connectivity index (χ4n) is 4.30. The van der Waals surface area contributed by atoms with Crippen LogP contribution in [0.2, 0.25) is 5.02 Å². The van der Waals surface area contributed by atoms with Gasteiger partial charge < -0.3 is 15.2 Å². The van der Waals surface area contributed by atoms with Crippen molar-refractivity contribution in [2.45, 2.75) is 25.8 Å². The van der Waals surface area contributed by atoms with E-state index >= 15 is 0 Å². The molecule has 1 fully saturated rings. The predicted molar refractivity (Wildman–Crippen MR) is 121 cm³/mol. The number of H-pyrrole nitrogens is 1. The van der Waals surface area contributed by atoms with Crippen LogP contribution in [0.3, 0.4) is 0 Å². The fourth-order valence-corrected chi connectivity index (χ4v) is 4.55. The number of aromatic nitrogens is 6. The third-order valence-corrected chi connectivity index (χ3v) is 6.18. The molecule has 0 spiro atoms. The Hall–Kier alpha value is -3.04. The van der Waals surface area contributed by atoms with E-state index in [1.807, 2.05) is 16.7 Å². The van der Waals surface area contributed by atoms with Gasteiger partial charge in [0, 0.05) is 26.1 Å². The summed E-state index contributed by atoms with van der Waals surface area (Å²) in [5.41, 5.74) is 1.93. The number of hydrogen-bond acceptors (Lipinski definition) is 7. The molecule has 3 aromatic heterocycles. The van der Waals surface area contributed by atoms with E-state index in [-0.39, 0.29) is 11.6 Å². The zero-order valence-corrected chi connectivity index (χ0v) is 17.9. The summed E-state index contributed by atoms with van der Waals surface area (Å²) in [5.74, 6) is 1.41. The lowest BCUT2D eigenvalue weighted by Gasteiger charge is -2.20. The van der Waals surface area contributed by atoms with Gasteiger partial charge in [-0.2, -0.15) is 0 Å². The van der Waals surface area contributed by atoms with Crippen molar-refractivity contribution in [1.82, 2.24) is 34.4 Å². The van der Waals surface area contributed by atoms with Crippen LogP contribution in [0, 0.1) is 0 Å². The normalized spacial score (nSPS) is 17.0. The maximum absolute atomic E-state index is 13.5. The standard InChI is InChI=1S/C21H23ClN8O/c1-2-29-9-7-13(10-29)30-16(28-15-5-3-4-14(22)17(15)21(30)31)6-8-23-19-18-20(25-11-24-18)27-12-26-19/h3-5,11-13H,2,6-10H2,1H3,(H2,23,24,25,26,27)/t13-/m0/s1. The molecular formula is C21H23ClN8O. The summed E-state index contributed by atoms with van der Waals surface area (Å²) in [5, 5.41) is 4.25. The van der Waals surface area contributed by atoms with E-state index < -0.39 is 0 Å². The highest BCUT2D eigenvalue weighted by atomic mass is 35.5. The van der Waals surface area contributed by atoms with Crippen LogP contribution in [-0.2, 0) is 6.42 Å². The second-order valence-electron chi connectivity index (χ2n) is 7.67. The lowest BCUT2D eigenvalue weighted by Crippen LogP contribution is -2.32. The van der Waals surface area contributed by atoms with Crippen molar-refractivity contribution in [2.75, 3.05) is 31.5 Å². The molecular weight excluding hydrogens is 416 g/mol. The first-order chi connectivity index (χ1) is 15.2. The van der Waals surface area contributed by atoms with Crippen molar-refractivity contribution < 1.29 is 0 Å². The molecule has 2 N–H and O–H groups in total. The fraction of sp³-hybridized carbons (Fsp3) is 0.381. The van der Waals surface area contributed by atoms with Crippen molar-refractivity contribution in [3.05, 3.63) is 52.1 Å². The molecule has 10 heteroatoms. The molecule has 0 saturated carbocycles.